The van der Waals surface area contributed by atoms with E-state index >= 15 is 0 Å². The van der Waals surface area contributed by atoms with Crippen molar-refractivity contribution >= 4 is 45.6 Å². The molecule has 0 unspecified atom stereocenters. The Kier molecular flexibility index (Phi) is 8.19. The van der Waals surface area contributed by atoms with E-state index in [0.29, 0.717) is 28.3 Å². The molecule has 8 heteroatoms. The smallest absolute Gasteiger partial charge is 0.255 e. The zero-order valence-corrected chi connectivity index (χ0v) is 20.3. The predicted molar refractivity (Wildman–Crippen MR) is 135 cm³/mol. The fourth-order valence-corrected chi connectivity index (χ4v) is 4.93. The van der Waals surface area contributed by atoms with Crippen LogP contribution in [-0.2, 0) is 0 Å². The van der Waals surface area contributed by atoms with E-state index in [-0.39, 0.29) is 5.91 Å². The monoisotopic (exact) mass is 466 g/mol. The van der Waals surface area contributed by atoms with Gasteiger partial charge in [0.05, 0.1) is 11.3 Å². The Morgan fingerprint density at radius 2 is 1.94 bits per heavy atom. The van der Waals surface area contributed by atoms with E-state index in [1.165, 1.54) is 0 Å². The van der Waals surface area contributed by atoms with Crippen LogP contribution in [0.4, 0.5) is 0 Å². The van der Waals surface area contributed by atoms with Crippen molar-refractivity contribution in [2.45, 2.75) is 26.7 Å². The number of fused-ring (bicyclic) bond motifs is 1. The molecule has 4 rings (SSSR count). The highest BCUT2D eigenvalue weighted by Gasteiger charge is 2.24. The number of allylic oxidation sites excluding steroid dienone is 1. The highest BCUT2D eigenvalue weighted by atomic mass is 32.1. The second kappa shape index (κ2) is 11.1. The number of nitrogens with one attached hydrogen (secondary N) is 3. The quantitative estimate of drug-likeness (QED) is 0.276. The van der Waals surface area contributed by atoms with Crippen molar-refractivity contribution in [3.05, 3.63) is 57.7 Å². The molecule has 0 atom stereocenters. The van der Waals surface area contributed by atoms with Gasteiger partial charge in [0.15, 0.2) is 12.0 Å². The van der Waals surface area contributed by atoms with Crippen LogP contribution in [-0.4, -0.2) is 55.5 Å². The maximum absolute atomic E-state index is 12.8. The maximum atomic E-state index is 12.8. The van der Waals surface area contributed by atoms with Gasteiger partial charge in [0.25, 0.3) is 5.91 Å². The first-order valence-electron chi connectivity index (χ1n) is 10.9. The number of aryl methyl sites for hydroxylation is 1. The fraction of sp³-hybridized carbons (Fsp3) is 0.320. The van der Waals surface area contributed by atoms with Crippen molar-refractivity contribution in [1.29, 1.82) is 5.41 Å². The van der Waals surface area contributed by atoms with E-state index in [2.05, 4.69) is 10.3 Å². The van der Waals surface area contributed by atoms with Gasteiger partial charge in [-0.3, -0.25) is 9.59 Å². The third-order valence-corrected chi connectivity index (χ3v) is 6.56. The van der Waals surface area contributed by atoms with Crippen LogP contribution in [0.2, 0.25) is 0 Å². The summed E-state index contributed by atoms with van der Waals surface area (Å²) in [6.07, 6.45) is 7.41. The van der Waals surface area contributed by atoms with Gasteiger partial charge in [-0.1, -0.05) is 0 Å². The lowest BCUT2D eigenvalue weighted by atomic mass is 10.1. The fourth-order valence-electron chi connectivity index (χ4n) is 3.86. The van der Waals surface area contributed by atoms with Gasteiger partial charge in [-0.2, -0.15) is 0 Å². The number of aromatic amines is 1. The first-order valence-corrected chi connectivity index (χ1v) is 11.7. The molecule has 0 aliphatic carbocycles. The molecule has 0 spiro atoms. The van der Waals surface area contributed by atoms with E-state index in [1.807, 2.05) is 51.0 Å². The van der Waals surface area contributed by atoms with Gasteiger partial charge in [0.2, 0.25) is 0 Å². The number of benzene rings is 1. The van der Waals surface area contributed by atoms with Crippen LogP contribution in [0.25, 0.3) is 15.8 Å². The minimum absolute atomic E-state index is 0.0265. The minimum Gasteiger partial charge on any atom is -0.455 e. The van der Waals surface area contributed by atoms with Gasteiger partial charge in [0.1, 0.15) is 5.75 Å². The van der Waals surface area contributed by atoms with Crippen LogP contribution in [0.3, 0.4) is 0 Å². The molecular weight excluding hydrogens is 436 g/mol. The molecule has 3 heterocycles. The molecule has 1 aliphatic rings. The van der Waals surface area contributed by atoms with E-state index in [4.69, 9.17) is 10.1 Å². The van der Waals surface area contributed by atoms with Crippen LogP contribution in [0.15, 0.2) is 30.5 Å². The van der Waals surface area contributed by atoms with Crippen molar-refractivity contribution in [3.8, 4) is 5.75 Å². The Bertz CT molecular complexity index is 1190. The summed E-state index contributed by atoms with van der Waals surface area (Å²) >= 11 is 1.55. The highest BCUT2D eigenvalue weighted by Crippen LogP contribution is 2.34. The summed E-state index contributed by atoms with van der Waals surface area (Å²) in [5.74, 6) is 1.10. The standard InChI is InChI=1S/C23H23N3O3S.C2H7N/c1-14-18(23(28)26-9-3-4-10-26)12-25-22(14)20(7-8-24)29-16-5-6-17-19(13-27)15(2)30-21(17)11-16;1-3-2/h5-8,11-13,24-25H,3-4,9-10H2,1-2H3;3H,1-2H3/b20-7+,24-8?;. The molecule has 3 aromatic rings. The van der Waals surface area contributed by atoms with Crippen LogP contribution < -0.4 is 10.1 Å². The number of aldehydes is 1. The number of aromatic nitrogens is 1. The molecule has 0 radical (unpaired) electrons. The Hall–Kier alpha value is -3.23. The van der Waals surface area contributed by atoms with Crippen LogP contribution in [0.1, 0.15) is 49.7 Å². The number of thiophene rings is 1. The van der Waals surface area contributed by atoms with Gasteiger partial charge in [0, 0.05) is 52.1 Å². The summed E-state index contributed by atoms with van der Waals surface area (Å²) < 4.78 is 7.07. The summed E-state index contributed by atoms with van der Waals surface area (Å²) in [6, 6.07) is 5.59. The van der Waals surface area contributed by atoms with Gasteiger partial charge < -0.3 is 25.3 Å². The largest absolute Gasteiger partial charge is 0.455 e. The zero-order chi connectivity index (χ0) is 24.0. The first kappa shape index (κ1) is 24.4. The average molecular weight is 467 g/mol. The van der Waals surface area contributed by atoms with E-state index < -0.39 is 0 Å². The van der Waals surface area contributed by atoms with Gasteiger partial charge in [-0.15, -0.1) is 11.3 Å². The Morgan fingerprint density at radius 3 is 2.58 bits per heavy atom. The second-order valence-corrected chi connectivity index (χ2v) is 9.11. The van der Waals surface area contributed by atoms with Crippen molar-refractivity contribution in [2.24, 2.45) is 0 Å². The number of likely N-dealkylation sites (tertiary alicyclic amines) is 1. The van der Waals surface area contributed by atoms with Crippen LogP contribution >= 0.6 is 11.3 Å². The number of amides is 1. The molecule has 33 heavy (non-hydrogen) atoms. The molecule has 1 aromatic carbocycles. The number of hydrogen-bond donors (Lipinski definition) is 3. The Balaban J connectivity index is 0.000000968. The number of carbonyl (C=O) groups excluding carboxylic acids is 2. The summed E-state index contributed by atoms with van der Waals surface area (Å²) in [4.78, 5) is 30.1. The summed E-state index contributed by atoms with van der Waals surface area (Å²) in [5.41, 5.74) is 2.82. The molecule has 3 N–H and O–H groups in total. The molecular formula is C25H30N4O3S. The van der Waals surface area contributed by atoms with E-state index in [1.54, 1.807) is 23.6 Å². The molecule has 7 nitrogen and oxygen atoms in total. The normalized spacial score (nSPS) is 13.6. The van der Waals surface area contributed by atoms with E-state index in [0.717, 1.165) is 59.0 Å². The lowest BCUT2D eigenvalue weighted by Gasteiger charge is -2.15. The maximum Gasteiger partial charge on any atom is 0.255 e. The molecule has 1 saturated heterocycles. The summed E-state index contributed by atoms with van der Waals surface area (Å²) in [5, 5.41) is 11.2. The number of carbonyl (C=O) groups is 2. The SMILES string of the molecule is CNC.Cc1sc2cc(O/C(=C/C=N)c3[nH]cc(C(=O)N4CCCC4)c3C)ccc2c1C=O. The number of rotatable bonds is 6. The van der Waals surface area contributed by atoms with Gasteiger partial charge in [-0.25, -0.2) is 0 Å². The zero-order valence-electron chi connectivity index (χ0n) is 19.5. The number of H-pyrrole nitrogens is 1. The third kappa shape index (κ3) is 5.23. The molecule has 1 aliphatic heterocycles. The topological polar surface area (TPSA) is 98.3 Å². The van der Waals surface area contributed by atoms with Gasteiger partial charge >= 0.3 is 0 Å². The van der Waals surface area contributed by atoms with Crippen molar-refractivity contribution in [1.82, 2.24) is 15.2 Å². The number of hydrogen-bond acceptors (Lipinski definition) is 6. The Labute approximate surface area is 198 Å². The molecule has 174 valence electrons. The first-order chi connectivity index (χ1) is 15.9. The van der Waals surface area contributed by atoms with Crippen LogP contribution in [0.5, 0.6) is 5.75 Å². The van der Waals surface area contributed by atoms with E-state index in [9.17, 15) is 9.59 Å². The summed E-state index contributed by atoms with van der Waals surface area (Å²) in [6.45, 7) is 5.40. The Morgan fingerprint density at radius 1 is 1.24 bits per heavy atom. The molecule has 0 saturated carbocycles. The molecule has 1 fully saturated rings. The average Bonchev–Trinajstić information content (AvgIpc) is 3.52. The molecule has 0 bridgehead atoms. The lowest BCUT2D eigenvalue weighted by molar-refractivity contribution is 0.0792. The third-order valence-electron chi connectivity index (χ3n) is 5.48. The number of nitrogens with zero attached hydrogens (tertiary/aromatic N) is 1. The van der Waals surface area contributed by atoms with Crippen LogP contribution in [0, 0.1) is 19.3 Å². The lowest BCUT2D eigenvalue weighted by Crippen LogP contribution is -2.27. The number of ether oxygens (including phenoxy) is 1. The van der Waals surface area contributed by atoms with Crippen molar-refractivity contribution < 1.29 is 14.3 Å². The second-order valence-electron chi connectivity index (χ2n) is 7.85. The summed E-state index contributed by atoms with van der Waals surface area (Å²) in [7, 11) is 3.75. The predicted octanol–water partition coefficient (Wildman–Crippen LogP) is 4.80. The minimum atomic E-state index is 0.0265. The van der Waals surface area contributed by atoms with Crippen molar-refractivity contribution in [2.75, 3.05) is 27.2 Å². The molecule has 1 amide bonds. The highest BCUT2D eigenvalue weighted by molar-refractivity contribution is 7.19. The van der Waals surface area contributed by atoms with Crippen molar-refractivity contribution in [3.63, 3.8) is 0 Å². The van der Waals surface area contributed by atoms with Gasteiger partial charge in [-0.05, 0) is 64.5 Å². The molecule has 2 aromatic heterocycles.